The van der Waals surface area contributed by atoms with Gasteiger partial charge in [0, 0.05) is 34.4 Å². The number of fused-ring (bicyclic) bond motifs is 1. The van der Waals surface area contributed by atoms with E-state index < -0.39 is 0 Å². The molecule has 3 nitrogen and oxygen atoms in total. The molecule has 2 aliphatic rings. The van der Waals surface area contributed by atoms with Crippen molar-refractivity contribution in [1.82, 2.24) is 0 Å². The Hall–Kier alpha value is -2.36. The summed E-state index contributed by atoms with van der Waals surface area (Å²) in [7, 11) is 0. The van der Waals surface area contributed by atoms with Crippen molar-refractivity contribution in [2.45, 2.75) is 46.5 Å². The fraction of sp³-hybridized carbons (Fsp3) is 0.350. The summed E-state index contributed by atoms with van der Waals surface area (Å²) < 4.78 is 13.2. The van der Waals surface area contributed by atoms with Gasteiger partial charge in [0.25, 0.3) is 0 Å². The van der Waals surface area contributed by atoms with Crippen molar-refractivity contribution in [2.75, 3.05) is 0 Å². The second-order valence-electron chi connectivity index (χ2n) is 6.49. The number of Topliss-reactive ketones (excluding diaryl/α,β-unsaturated/α-hetero) is 2. The summed E-state index contributed by atoms with van der Waals surface area (Å²) in [4.78, 5) is 29.1. The van der Waals surface area contributed by atoms with Crippen LogP contribution in [0.2, 0.25) is 0 Å². The van der Waals surface area contributed by atoms with Crippen LogP contribution in [0.5, 0.6) is 0 Å². The summed E-state index contributed by atoms with van der Waals surface area (Å²) in [5.74, 6) is -0.276. The number of allylic oxidation sites excluding steroid dienone is 4. The van der Waals surface area contributed by atoms with E-state index >= 15 is 0 Å². The first-order chi connectivity index (χ1) is 11.4. The number of halogens is 1. The van der Waals surface area contributed by atoms with Crippen LogP contribution < -0.4 is 0 Å². The maximum Gasteiger partial charge on any atom is 0.185 e. The number of hydrogen-bond donors (Lipinski definition) is 0. The molecule has 0 bridgehead atoms. The van der Waals surface area contributed by atoms with Crippen LogP contribution in [-0.4, -0.2) is 17.3 Å². The summed E-state index contributed by atoms with van der Waals surface area (Å²) >= 11 is 0. The summed E-state index contributed by atoms with van der Waals surface area (Å²) in [6, 6.07) is 4.65. The number of carbonyl (C=O) groups excluding carboxylic acids is 2. The average molecular weight is 325 g/mol. The smallest absolute Gasteiger partial charge is 0.185 e. The number of carbonyl (C=O) groups is 2. The molecular weight excluding hydrogens is 305 g/mol. The lowest BCUT2D eigenvalue weighted by molar-refractivity contribution is -0.116. The minimum Gasteiger partial charge on any atom is -0.289 e. The van der Waals surface area contributed by atoms with Gasteiger partial charge in [0.2, 0.25) is 0 Å². The van der Waals surface area contributed by atoms with E-state index in [1.54, 1.807) is 26.8 Å². The molecule has 24 heavy (non-hydrogen) atoms. The monoisotopic (exact) mass is 325 g/mol. The van der Waals surface area contributed by atoms with Crippen molar-refractivity contribution in [1.29, 1.82) is 0 Å². The van der Waals surface area contributed by atoms with Crippen LogP contribution in [0.1, 0.15) is 45.6 Å². The number of hydrogen-bond acceptors (Lipinski definition) is 3. The fourth-order valence-corrected chi connectivity index (χ4v) is 3.30. The first-order valence-electron chi connectivity index (χ1n) is 8.20. The molecule has 0 saturated carbocycles. The van der Waals surface area contributed by atoms with Crippen molar-refractivity contribution < 1.29 is 14.0 Å². The van der Waals surface area contributed by atoms with E-state index in [4.69, 9.17) is 0 Å². The molecule has 1 heterocycles. The quantitative estimate of drug-likeness (QED) is 0.769. The lowest BCUT2D eigenvalue weighted by Gasteiger charge is -2.18. The lowest BCUT2D eigenvalue weighted by Crippen LogP contribution is -2.20. The highest BCUT2D eigenvalue weighted by atomic mass is 19.1. The number of ketones is 2. The Morgan fingerprint density at radius 1 is 1.00 bits per heavy atom. The molecule has 0 spiro atoms. The van der Waals surface area contributed by atoms with Crippen molar-refractivity contribution in [3.05, 3.63) is 51.9 Å². The second-order valence-corrected chi connectivity index (χ2v) is 6.49. The van der Waals surface area contributed by atoms with Crippen molar-refractivity contribution >= 4 is 23.0 Å². The molecule has 3 rings (SSSR count). The predicted octanol–water partition coefficient (Wildman–Crippen LogP) is 4.43. The molecule has 0 N–H and O–H groups in total. The zero-order valence-corrected chi connectivity index (χ0v) is 14.2. The van der Waals surface area contributed by atoms with Gasteiger partial charge in [0.05, 0.1) is 5.69 Å². The zero-order valence-electron chi connectivity index (χ0n) is 14.2. The summed E-state index contributed by atoms with van der Waals surface area (Å²) in [6.45, 7) is 5.16. The Kier molecular flexibility index (Phi) is 4.31. The Bertz CT molecular complexity index is 843. The molecule has 0 aromatic heterocycles. The summed E-state index contributed by atoms with van der Waals surface area (Å²) in [5, 5.41) is 0. The molecule has 1 aliphatic heterocycles. The van der Waals surface area contributed by atoms with Crippen LogP contribution in [0.4, 0.5) is 10.1 Å². The molecule has 0 atom stereocenters. The van der Waals surface area contributed by atoms with Crippen LogP contribution in [0.3, 0.4) is 0 Å². The number of rotatable bonds is 4. The SMILES string of the molecule is CC1=C(C)C(=O)C(CCCC2=Nc3ccc(F)cc3C2)=C(C)C1=O. The Balaban J connectivity index is 1.64. The van der Waals surface area contributed by atoms with Gasteiger partial charge in [-0.05, 0) is 63.8 Å². The van der Waals surface area contributed by atoms with E-state index in [1.807, 2.05) is 0 Å². The van der Waals surface area contributed by atoms with Gasteiger partial charge in [-0.1, -0.05) is 0 Å². The van der Waals surface area contributed by atoms with E-state index in [2.05, 4.69) is 4.99 Å². The highest BCUT2D eigenvalue weighted by molar-refractivity contribution is 6.24. The van der Waals surface area contributed by atoms with Gasteiger partial charge in [-0.3, -0.25) is 14.6 Å². The highest BCUT2D eigenvalue weighted by Gasteiger charge is 2.27. The molecule has 1 aromatic rings. The van der Waals surface area contributed by atoms with E-state index in [9.17, 15) is 14.0 Å². The van der Waals surface area contributed by atoms with E-state index in [1.165, 1.54) is 12.1 Å². The first kappa shape index (κ1) is 16.5. The molecule has 0 unspecified atom stereocenters. The Labute approximate surface area is 141 Å². The first-order valence-corrected chi connectivity index (χ1v) is 8.20. The van der Waals surface area contributed by atoms with Crippen molar-refractivity contribution in [3.8, 4) is 0 Å². The molecule has 4 heteroatoms. The van der Waals surface area contributed by atoms with Crippen LogP contribution in [0.25, 0.3) is 0 Å². The normalized spacial score (nSPS) is 17.6. The minimum atomic E-state index is -0.241. The molecule has 1 aromatic carbocycles. The van der Waals surface area contributed by atoms with E-state index in [0.717, 1.165) is 29.8 Å². The third-order valence-electron chi connectivity index (χ3n) is 4.92. The molecule has 0 amide bonds. The fourth-order valence-electron chi connectivity index (χ4n) is 3.30. The summed E-state index contributed by atoms with van der Waals surface area (Å²) in [5.41, 5.74) is 5.07. The molecule has 0 saturated heterocycles. The van der Waals surface area contributed by atoms with Gasteiger partial charge in [-0.2, -0.15) is 0 Å². The van der Waals surface area contributed by atoms with Crippen molar-refractivity contribution in [3.63, 3.8) is 0 Å². The topological polar surface area (TPSA) is 46.5 Å². The number of aliphatic imine (C=N–C) groups is 1. The number of benzene rings is 1. The lowest BCUT2D eigenvalue weighted by atomic mass is 9.84. The van der Waals surface area contributed by atoms with Gasteiger partial charge < -0.3 is 0 Å². The maximum atomic E-state index is 13.2. The van der Waals surface area contributed by atoms with Crippen molar-refractivity contribution in [2.24, 2.45) is 4.99 Å². The Morgan fingerprint density at radius 2 is 1.71 bits per heavy atom. The Morgan fingerprint density at radius 3 is 2.46 bits per heavy atom. The van der Waals surface area contributed by atoms with Gasteiger partial charge in [0.15, 0.2) is 11.6 Å². The standard InChI is InChI=1S/C20H20FNO2/c1-11-12(2)20(24)17(13(3)19(11)23)6-4-5-16-10-14-9-15(21)7-8-18(14)22-16/h7-9H,4-6,10H2,1-3H3. The average Bonchev–Trinajstić information content (AvgIpc) is 2.96. The van der Waals surface area contributed by atoms with E-state index in [-0.39, 0.29) is 17.4 Å². The minimum absolute atomic E-state index is 0.0108. The summed E-state index contributed by atoms with van der Waals surface area (Å²) in [6.07, 6.45) is 2.74. The van der Waals surface area contributed by atoms with Gasteiger partial charge in [0.1, 0.15) is 5.82 Å². The highest BCUT2D eigenvalue weighted by Crippen LogP contribution is 2.30. The van der Waals surface area contributed by atoms with Gasteiger partial charge in [-0.25, -0.2) is 4.39 Å². The predicted molar refractivity (Wildman–Crippen MR) is 92.1 cm³/mol. The third-order valence-corrected chi connectivity index (χ3v) is 4.92. The van der Waals surface area contributed by atoms with Crippen LogP contribution in [-0.2, 0) is 16.0 Å². The van der Waals surface area contributed by atoms with Crippen LogP contribution in [0.15, 0.2) is 45.5 Å². The molecule has 0 radical (unpaired) electrons. The molecule has 1 aliphatic carbocycles. The third kappa shape index (κ3) is 2.88. The second kappa shape index (κ2) is 6.27. The van der Waals surface area contributed by atoms with Gasteiger partial charge in [-0.15, -0.1) is 0 Å². The van der Waals surface area contributed by atoms with Crippen LogP contribution >= 0.6 is 0 Å². The molecular formula is C20H20FNO2. The van der Waals surface area contributed by atoms with Crippen LogP contribution in [0, 0.1) is 5.82 Å². The molecule has 0 fully saturated rings. The van der Waals surface area contributed by atoms with Gasteiger partial charge >= 0.3 is 0 Å². The maximum absolute atomic E-state index is 13.2. The number of nitrogens with zero attached hydrogens (tertiary/aromatic N) is 1. The van der Waals surface area contributed by atoms with E-state index in [0.29, 0.717) is 35.1 Å². The largest absolute Gasteiger partial charge is 0.289 e. The molecule has 124 valence electrons. The zero-order chi connectivity index (χ0) is 17.4.